The van der Waals surface area contributed by atoms with Crippen LogP contribution in [-0.2, 0) is 0 Å². The first-order valence-corrected chi connectivity index (χ1v) is 7.56. The van der Waals surface area contributed by atoms with Gasteiger partial charge in [0.1, 0.15) is 5.75 Å². The SMILES string of the molecule is CC(C)Oc1ccccc1/C=C/C(=O)c1nc2ccccc2[nH]1. The summed E-state index contributed by atoms with van der Waals surface area (Å²) in [6.07, 6.45) is 3.35. The Labute approximate surface area is 134 Å². The molecule has 3 rings (SSSR count). The van der Waals surface area contributed by atoms with E-state index in [4.69, 9.17) is 4.74 Å². The van der Waals surface area contributed by atoms with Crippen molar-refractivity contribution < 1.29 is 9.53 Å². The summed E-state index contributed by atoms with van der Waals surface area (Å²) in [6.45, 7) is 3.94. The number of hydrogen-bond donors (Lipinski definition) is 1. The highest BCUT2D eigenvalue weighted by atomic mass is 16.5. The first-order valence-electron chi connectivity index (χ1n) is 7.56. The van der Waals surface area contributed by atoms with Gasteiger partial charge in [-0.15, -0.1) is 0 Å². The highest BCUT2D eigenvalue weighted by Crippen LogP contribution is 2.21. The maximum atomic E-state index is 12.3. The van der Waals surface area contributed by atoms with Crippen LogP contribution in [0, 0.1) is 0 Å². The molecule has 0 aliphatic carbocycles. The molecule has 2 aromatic carbocycles. The summed E-state index contributed by atoms with van der Waals surface area (Å²) < 4.78 is 5.75. The van der Waals surface area contributed by atoms with Crippen LogP contribution in [0.4, 0.5) is 0 Å². The van der Waals surface area contributed by atoms with Gasteiger partial charge in [-0.1, -0.05) is 30.3 Å². The van der Waals surface area contributed by atoms with Crippen LogP contribution in [0.1, 0.15) is 30.0 Å². The van der Waals surface area contributed by atoms with Gasteiger partial charge in [-0.3, -0.25) is 4.79 Å². The number of hydrogen-bond acceptors (Lipinski definition) is 3. The van der Waals surface area contributed by atoms with Gasteiger partial charge in [-0.05, 0) is 44.2 Å². The molecule has 116 valence electrons. The van der Waals surface area contributed by atoms with Gasteiger partial charge in [0.2, 0.25) is 5.78 Å². The number of aromatic nitrogens is 2. The van der Waals surface area contributed by atoms with Crippen molar-refractivity contribution in [3.63, 3.8) is 0 Å². The standard InChI is InChI=1S/C19H18N2O2/c1-13(2)23-18-10-6-3-7-14(18)11-12-17(22)19-20-15-8-4-5-9-16(15)21-19/h3-13H,1-2H3,(H,20,21)/b12-11+. The second-order valence-electron chi connectivity index (χ2n) is 5.50. The van der Waals surface area contributed by atoms with Crippen molar-refractivity contribution in [1.29, 1.82) is 0 Å². The summed E-state index contributed by atoms with van der Waals surface area (Å²) in [7, 11) is 0. The number of ketones is 1. The number of nitrogens with one attached hydrogen (secondary N) is 1. The molecule has 0 radical (unpaired) electrons. The minimum absolute atomic E-state index is 0.0793. The molecule has 23 heavy (non-hydrogen) atoms. The van der Waals surface area contributed by atoms with E-state index in [0.29, 0.717) is 5.82 Å². The van der Waals surface area contributed by atoms with E-state index in [1.54, 1.807) is 6.08 Å². The highest BCUT2D eigenvalue weighted by molar-refractivity contribution is 6.06. The molecule has 0 spiro atoms. The summed E-state index contributed by atoms with van der Waals surface area (Å²) in [4.78, 5) is 19.6. The Balaban J connectivity index is 1.83. The van der Waals surface area contributed by atoms with E-state index >= 15 is 0 Å². The van der Waals surface area contributed by atoms with Gasteiger partial charge in [0.25, 0.3) is 0 Å². The Bertz CT molecular complexity index is 829. The van der Waals surface area contributed by atoms with Crippen LogP contribution in [0.3, 0.4) is 0 Å². The van der Waals surface area contributed by atoms with Crippen LogP contribution >= 0.6 is 0 Å². The number of allylic oxidation sites excluding steroid dienone is 1. The van der Waals surface area contributed by atoms with Crippen molar-refractivity contribution in [2.24, 2.45) is 0 Å². The van der Waals surface area contributed by atoms with Crippen molar-refractivity contribution in [1.82, 2.24) is 9.97 Å². The molecule has 0 aliphatic rings. The van der Waals surface area contributed by atoms with Gasteiger partial charge in [-0.25, -0.2) is 4.98 Å². The van der Waals surface area contributed by atoms with Crippen LogP contribution in [-0.4, -0.2) is 21.9 Å². The predicted octanol–water partition coefficient (Wildman–Crippen LogP) is 4.25. The average Bonchev–Trinajstić information content (AvgIpc) is 2.97. The molecule has 4 nitrogen and oxygen atoms in total. The molecule has 0 unspecified atom stereocenters. The van der Waals surface area contributed by atoms with Crippen LogP contribution < -0.4 is 4.74 Å². The van der Waals surface area contributed by atoms with Crippen LogP contribution in [0.25, 0.3) is 17.1 Å². The number of carbonyl (C=O) groups is 1. The number of fused-ring (bicyclic) bond motifs is 1. The number of rotatable bonds is 5. The van der Waals surface area contributed by atoms with E-state index in [2.05, 4.69) is 9.97 Å². The monoisotopic (exact) mass is 306 g/mol. The Kier molecular flexibility index (Phi) is 4.24. The van der Waals surface area contributed by atoms with Crippen LogP contribution in [0.15, 0.2) is 54.6 Å². The fourth-order valence-corrected chi connectivity index (χ4v) is 2.29. The van der Waals surface area contributed by atoms with Gasteiger partial charge in [0, 0.05) is 5.56 Å². The number of benzene rings is 2. The molecule has 0 amide bonds. The maximum absolute atomic E-state index is 12.3. The van der Waals surface area contributed by atoms with E-state index < -0.39 is 0 Å². The predicted molar refractivity (Wildman–Crippen MR) is 91.7 cm³/mol. The van der Waals surface area contributed by atoms with Crippen molar-refractivity contribution >= 4 is 22.9 Å². The lowest BCUT2D eigenvalue weighted by atomic mass is 10.1. The third kappa shape index (κ3) is 3.48. The lowest BCUT2D eigenvalue weighted by Gasteiger charge is -2.11. The van der Waals surface area contributed by atoms with Crippen molar-refractivity contribution in [2.75, 3.05) is 0 Å². The maximum Gasteiger partial charge on any atom is 0.221 e. The zero-order chi connectivity index (χ0) is 16.2. The summed E-state index contributed by atoms with van der Waals surface area (Å²) >= 11 is 0. The van der Waals surface area contributed by atoms with E-state index in [1.165, 1.54) is 6.08 Å². The minimum atomic E-state index is -0.166. The van der Waals surface area contributed by atoms with Crippen molar-refractivity contribution in [3.05, 3.63) is 66.0 Å². The van der Waals surface area contributed by atoms with E-state index in [-0.39, 0.29) is 11.9 Å². The summed E-state index contributed by atoms with van der Waals surface area (Å²) in [5.41, 5.74) is 2.51. The number of para-hydroxylation sites is 3. The van der Waals surface area contributed by atoms with Gasteiger partial charge in [0.15, 0.2) is 5.82 Å². The van der Waals surface area contributed by atoms with Crippen LogP contribution in [0.5, 0.6) is 5.75 Å². The Hall–Kier alpha value is -2.88. The number of ether oxygens (including phenoxy) is 1. The van der Waals surface area contributed by atoms with Crippen LogP contribution in [0.2, 0.25) is 0 Å². The fraction of sp³-hybridized carbons (Fsp3) is 0.158. The smallest absolute Gasteiger partial charge is 0.221 e. The first kappa shape index (κ1) is 15.0. The number of aromatic amines is 1. The molecule has 0 aliphatic heterocycles. The molecule has 3 aromatic rings. The molecule has 1 heterocycles. The lowest BCUT2D eigenvalue weighted by molar-refractivity contribution is 0.103. The number of carbonyl (C=O) groups excluding carboxylic acids is 1. The fourth-order valence-electron chi connectivity index (χ4n) is 2.29. The summed E-state index contributed by atoms with van der Waals surface area (Å²) in [6, 6.07) is 15.2. The summed E-state index contributed by atoms with van der Waals surface area (Å²) in [5.74, 6) is 0.932. The molecule has 1 aromatic heterocycles. The van der Waals surface area contributed by atoms with E-state index in [0.717, 1.165) is 22.3 Å². The molecule has 0 fully saturated rings. The van der Waals surface area contributed by atoms with Gasteiger partial charge in [0.05, 0.1) is 17.1 Å². The zero-order valence-corrected chi connectivity index (χ0v) is 13.1. The zero-order valence-electron chi connectivity index (χ0n) is 13.1. The molecule has 0 atom stereocenters. The number of H-pyrrole nitrogens is 1. The second-order valence-corrected chi connectivity index (χ2v) is 5.50. The molecule has 0 saturated heterocycles. The Morgan fingerprint density at radius 2 is 1.87 bits per heavy atom. The van der Waals surface area contributed by atoms with Gasteiger partial charge in [-0.2, -0.15) is 0 Å². The normalized spacial score (nSPS) is 11.4. The quantitative estimate of drug-likeness (QED) is 0.566. The van der Waals surface area contributed by atoms with Gasteiger partial charge >= 0.3 is 0 Å². The molecule has 0 bridgehead atoms. The third-order valence-electron chi connectivity index (χ3n) is 3.32. The third-order valence-corrected chi connectivity index (χ3v) is 3.32. The van der Waals surface area contributed by atoms with Gasteiger partial charge < -0.3 is 9.72 Å². The van der Waals surface area contributed by atoms with Crippen molar-refractivity contribution in [2.45, 2.75) is 20.0 Å². The highest BCUT2D eigenvalue weighted by Gasteiger charge is 2.09. The molecule has 1 N–H and O–H groups in total. The minimum Gasteiger partial charge on any atom is -0.490 e. The average molecular weight is 306 g/mol. The topological polar surface area (TPSA) is 55.0 Å². The molecule has 0 saturated carbocycles. The van der Waals surface area contributed by atoms with E-state index in [9.17, 15) is 4.79 Å². The summed E-state index contributed by atoms with van der Waals surface area (Å²) in [5, 5.41) is 0. The first-order chi connectivity index (χ1) is 11.1. The van der Waals surface area contributed by atoms with E-state index in [1.807, 2.05) is 62.4 Å². The largest absolute Gasteiger partial charge is 0.490 e. The second kappa shape index (κ2) is 6.48. The molecular formula is C19H18N2O2. The Morgan fingerprint density at radius 1 is 1.13 bits per heavy atom. The molecule has 4 heteroatoms. The molecular weight excluding hydrogens is 288 g/mol. The number of imidazole rings is 1. The lowest BCUT2D eigenvalue weighted by Crippen LogP contribution is -2.06. The van der Waals surface area contributed by atoms with Crippen molar-refractivity contribution in [3.8, 4) is 5.75 Å². The Morgan fingerprint density at radius 3 is 2.65 bits per heavy atom. The number of nitrogens with zero attached hydrogens (tertiary/aromatic N) is 1.